The summed E-state index contributed by atoms with van der Waals surface area (Å²) in [6.07, 6.45) is 0. The number of nitrogens with zero attached hydrogens (tertiary/aromatic N) is 2. The van der Waals surface area contributed by atoms with Crippen LogP contribution in [0.2, 0.25) is 0 Å². The van der Waals surface area contributed by atoms with E-state index in [1.54, 1.807) is 19.1 Å². The van der Waals surface area contributed by atoms with Crippen molar-refractivity contribution in [3.05, 3.63) is 35.4 Å². The van der Waals surface area contributed by atoms with Crippen LogP contribution in [0.1, 0.15) is 32.2 Å². The first kappa shape index (κ1) is 11.8. The molecule has 0 amide bonds. The molecule has 0 spiro atoms. The molecule has 1 aromatic heterocycles. The normalized spacial score (nSPS) is 11.8. The van der Waals surface area contributed by atoms with Gasteiger partial charge in [0.05, 0.1) is 5.56 Å². The Bertz CT molecular complexity index is 541. The number of halogens is 1. The van der Waals surface area contributed by atoms with E-state index in [0.717, 1.165) is 5.56 Å². The molecular formula is C13H15FN2O. The van der Waals surface area contributed by atoms with Crippen molar-refractivity contribution in [2.45, 2.75) is 33.1 Å². The van der Waals surface area contributed by atoms with Gasteiger partial charge in [0.2, 0.25) is 0 Å². The summed E-state index contributed by atoms with van der Waals surface area (Å²) in [5.41, 5.74) is 1.35. The van der Waals surface area contributed by atoms with E-state index in [-0.39, 0.29) is 17.1 Å². The molecule has 0 saturated carbocycles. The van der Waals surface area contributed by atoms with Crippen LogP contribution in [0, 0.1) is 12.7 Å². The van der Waals surface area contributed by atoms with Crippen molar-refractivity contribution in [2.75, 3.05) is 0 Å². The molecule has 1 heterocycles. The summed E-state index contributed by atoms with van der Waals surface area (Å²) in [5, 5.41) is 3.67. The fourth-order valence-electron chi connectivity index (χ4n) is 1.56. The number of rotatable bonds is 1. The molecule has 3 nitrogen and oxygen atoms in total. The second kappa shape index (κ2) is 3.95. The molecule has 2 aromatic rings. The molecule has 0 radical (unpaired) electrons. The number of hydrogen-bond donors (Lipinski definition) is 0. The Morgan fingerprint density at radius 2 is 1.94 bits per heavy atom. The van der Waals surface area contributed by atoms with Gasteiger partial charge in [-0.1, -0.05) is 32.0 Å². The summed E-state index contributed by atoms with van der Waals surface area (Å²) in [5.74, 6) is 0.383. The van der Waals surface area contributed by atoms with Crippen LogP contribution in [0.3, 0.4) is 0 Å². The van der Waals surface area contributed by atoms with Gasteiger partial charge in [0.15, 0.2) is 5.82 Å². The third-order valence-electron chi connectivity index (χ3n) is 2.59. The lowest BCUT2D eigenvalue weighted by atomic mass is 9.86. The second-order valence-electron chi connectivity index (χ2n) is 5.09. The number of hydrogen-bond acceptors (Lipinski definition) is 3. The van der Waals surface area contributed by atoms with Crippen molar-refractivity contribution in [3.63, 3.8) is 0 Å². The fourth-order valence-corrected chi connectivity index (χ4v) is 1.56. The van der Waals surface area contributed by atoms with Crippen LogP contribution in [0.4, 0.5) is 4.39 Å². The van der Waals surface area contributed by atoms with Crippen LogP contribution >= 0.6 is 0 Å². The number of benzene rings is 1. The minimum Gasteiger partial charge on any atom is -0.334 e. The van der Waals surface area contributed by atoms with Crippen molar-refractivity contribution >= 4 is 0 Å². The van der Waals surface area contributed by atoms with Crippen LogP contribution in [-0.2, 0) is 5.41 Å². The highest BCUT2D eigenvalue weighted by atomic mass is 19.1. The first-order valence-electron chi connectivity index (χ1n) is 5.48. The van der Waals surface area contributed by atoms with Crippen molar-refractivity contribution < 1.29 is 8.91 Å². The largest absolute Gasteiger partial charge is 0.334 e. The fraction of sp³-hybridized carbons (Fsp3) is 0.385. The maximum absolute atomic E-state index is 13.7. The standard InChI is InChI=1S/C13H15FN2O/c1-8-15-12(17-16-8)10-7-9(13(2,3)4)5-6-11(10)14/h5-7H,1-4H3. The van der Waals surface area contributed by atoms with Crippen LogP contribution in [0.5, 0.6) is 0 Å². The van der Waals surface area contributed by atoms with Gasteiger partial charge in [0.25, 0.3) is 5.89 Å². The zero-order valence-electron chi connectivity index (χ0n) is 10.4. The number of aryl methyl sites for hydroxylation is 1. The summed E-state index contributed by atoms with van der Waals surface area (Å²) >= 11 is 0. The van der Waals surface area contributed by atoms with Crippen molar-refractivity contribution in [1.29, 1.82) is 0 Å². The van der Waals surface area contributed by atoms with Crippen molar-refractivity contribution in [2.24, 2.45) is 0 Å². The average molecular weight is 234 g/mol. The maximum atomic E-state index is 13.7. The van der Waals surface area contributed by atoms with Gasteiger partial charge in [-0.15, -0.1) is 0 Å². The van der Waals surface area contributed by atoms with E-state index in [4.69, 9.17) is 4.52 Å². The van der Waals surface area contributed by atoms with E-state index in [1.165, 1.54) is 6.07 Å². The molecule has 0 N–H and O–H groups in total. The molecule has 4 heteroatoms. The maximum Gasteiger partial charge on any atom is 0.260 e. The molecule has 0 aliphatic carbocycles. The van der Waals surface area contributed by atoms with Gasteiger partial charge in [0, 0.05) is 0 Å². The van der Waals surface area contributed by atoms with Gasteiger partial charge < -0.3 is 4.52 Å². The summed E-state index contributed by atoms with van der Waals surface area (Å²) in [6.45, 7) is 7.92. The Morgan fingerprint density at radius 3 is 2.47 bits per heavy atom. The van der Waals surface area contributed by atoms with E-state index >= 15 is 0 Å². The molecule has 1 aromatic carbocycles. The Labute approximate surface area is 99.7 Å². The molecule has 0 saturated heterocycles. The third-order valence-corrected chi connectivity index (χ3v) is 2.59. The van der Waals surface area contributed by atoms with Gasteiger partial charge in [0.1, 0.15) is 5.82 Å². The Hall–Kier alpha value is -1.71. The van der Waals surface area contributed by atoms with E-state index in [0.29, 0.717) is 11.4 Å². The van der Waals surface area contributed by atoms with E-state index in [2.05, 4.69) is 30.9 Å². The minimum absolute atomic E-state index is 0.0441. The molecule has 17 heavy (non-hydrogen) atoms. The van der Waals surface area contributed by atoms with E-state index in [9.17, 15) is 4.39 Å². The van der Waals surface area contributed by atoms with E-state index in [1.807, 2.05) is 0 Å². The minimum atomic E-state index is -0.346. The second-order valence-corrected chi connectivity index (χ2v) is 5.09. The molecule has 0 atom stereocenters. The molecule has 0 unspecified atom stereocenters. The highest BCUT2D eigenvalue weighted by Crippen LogP contribution is 2.28. The smallest absolute Gasteiger partial charge is 0.260 e. The van der Waals surface area contributed by atoms with Crippen LogP contribution < -0.4 is 0 Å². The van der Waals surface area contributed by atoms with Gasteiger partial charge in [-0.25, -0.2) is 4.39 Å². The van der Waals surface area contributed by atoms with Gasteiger partial charge in [-0.3, -0.25) is 0 Å². The summed E-state index contributed by atoms with van der Waals surface area (Å²) in [6, 6.07) is 4.99. The lowest BCUT2D eigenvalue weighted by Crippen LogP contribution is -2.11. The van der Waals surface area contributed by atoms with Gasteiger partial charge in [-0.05, 0) is 30.0 Å². The SMILES string of the molecule is Cc1noc(-c2cc(C(C)(C)C)ccc2F)n1. The molecule has 0 fully saturated rings. The molecule has 0 aliphatic heterocycles. The topological polar surface area (TPSA) is 38.9 Å². The molecule has 90 valence electrons. The summed E-state index contributed by atoms with van der Waals surface area (Å²) < 4.78 is 18.7. The predicted molar refractivity (Wildman–Crippen MR) is 63.1 cm³/mol. The Balaban J connectivity index is 2.54. The van der Waals surface area contributed by atoms with Gasteiger partial charge >= 0.3 is 0 Å². The van der Waals surface area contributed by atoms with Crippen molar-refractivity contribution in [3.8, 4) is 11.5 Å². The van der Waals surface area contributed by atoms with E-state index < -0.39 is 0 Å². The number of aromatic nitrogens is 2. The zero-order chi connectivity index (χ0) is 12.6. The first-order chi connectivity index (χ1) is 7.88. The van der Waals surface area contributed by atoms with Crippen LogP contribution in [0.25, 0.3) is 11.5 Å². The lowest BCUT2D eigenvalue weighted by molar-refractivity contribution is 0.423. The Kier molecular flexibility index (Phi) is 2.73. The van der Waals surface area contributed by atoms with Crippen LogP contribution in [-0.4, -0.2) is 10.1 Å². The van der Waals surface area contributed by atoms with Crippen molar-refractivity contribution in [1.82, 2.24) is 10.1 Å². The van der Waals surface area contributed by atoms with Crippen LogP contribution in [0.15, 0.2) is 22.7 Å². The predicted octanol–water partition coefficient (Wildman–Crippen LogP) is 3.48. The highest BCUT2D eigenvalue weighted by Gasteiger charge is 2.18. The quantitative estimate of drug-likeness (QED) is 0.758. The highest BCUT2D eigenvalue weighted by molar-refractivity contribution is 5.56. The van der Waals surface area contributed by atoms with Gasteiger partial charge in [-0.2, -0.15) is 4.98 Å². The summed E-state index contributed by atoms with van der Waals surface area (Å²) in [4.78, 5) is 4.05. The monoisotopic (exact) mass is 234 g/mol. The first-order valence-corrected chi connectivity index (χ1v) is 5.48. The summed E-state index contributed by atoms with van der Waals surface area (Å²) in [7, 11) is 0. The molecular weight excluding hydrogens is 219 g/mol. The lowest BCUT2D eigenvalue weighted by Gasteiger charge is -2.19. The zero-order valence-corrected chi connectivity index (χ0v) is 10.4. The Morgan fingerprint density at radius 1 is 1.24 bits per heavy atom. The molecule has 0 bridgehead atoms. The average Bonchev–Trinajstić information content (AvgIpc) is 2.63. The third kappa shape index (κ3) is 2.35. The molecule has 2 rings (SSSR count). The molecule has 0 aliphatic rings.